The van der Waals surface area contributed by atoms with Crippen molar-refractivity contribution in [3.05, 3.63) is 12.2 Å². The zero-order valence-electron chi connectivity index (χ0n) is 15.4. The van der Waals surface area contributed by atoms with E-state index in [1.165, 1.54) is 0 Å². The minimum Gasteiger partial charge on any atom is -0.465 e. The second kappa shape index (κ2) is 10.8. The van der Waals surface area contributed by atoms with Crippen LogP contribution in [0.25, 0.3) is 0 Å². The van der Waals surface area contributed by atoms with Gasteiger partial charge in [0.1, 0.15) is 0 Å². The molecule has 1 saturated heterocycles. The highest BCUT2D eigenvalue weighted by atomic mass is 16.5. The van der Waals surface area contributed by atoms with Gasteiger partial charge in [-0.3, -0.25) is 9.59 Å². The number of morpholine rings is 1. The molecule has 8 heteroatoms. The largest absolute Gasteiger partial charge is 0.465 e. The van der Waals surface area contributed by atoms with Crippen LogP contribution in [0.15, 0.2) is 12.2 Å². The first-order chi connectivity index (χ1) is 12.6. The summed E-state index contributed by atoms with van der Waals surface area (Å²) in [6.45, 7) is 5.30. The molecule has 0 aromatic heterocycles. The predicted octanol–water partition coefficient (Wildman–Crippen LogP) is 0.680. The zero-order chi connectivity index (χ0) is 18.8. The van der Waals surface area contributed by atoms with E-state index in [9.17, 15) is 14.4 Å². The van der Waals surface area contributed by atoms with Crippen LogP contribution in [-0.4, -0.2) is 68.8 Å². The second-order valence-corrected chi connectivity index (χ2v) is 6.40. The summed E-state index contributed by atoms with van der Waals surface area (Å²) in [6, 6.07) is -0.229. The van der Waals surface area contributed by atoms with Crippen LogP contribution in [0, 0.1) is 11.8 Å². The summed E-state index contributed by atoms with van der Waals surface area (Å²) in [5, 5.41) is 5.31. The number of hydrogen-bond acceptors (Lipinski definition) is 5. The molecule has 2 N–H and O–H groups in total. The van der Waals surface area contributed by atoms with E-state index in [-0.39, 0.29) is 30.4 Å². The van der Waals surface area contributed by atoms with Crippen molar-refractivity contribution in [1.82, 2.24) is 15.5 Å². The van der Waals surface area contributed by atoms with Gasteiger partial charge in [-0.2, -0.15) is 0 Å². The normalized spacial score (nSPS) is 22.6. The Labute approximate surface area is 154 Å². The predicted molar refractivity (Wildman–Crippen MR) is 95.4 cm³/mol. The molecule has 2 rings (SSSR count). The smallest absolute Gasteiger partial charge is 0.314 e. The average molecular weight is 367 g/mol. The van der Waals surface area contributed by atoms with Gasteiger partial charge < -0.3 is 25.0 Å². The number of carbonyl (C=O) groups is 3. The lowest BCUT2D eigenvalue weighted by Gasteiger charge is -2.33. The molecule has 0 aromatic rings. The van der Waals surface area contributed by atoms with Crippen molar-refractivity contribution in [3.8, 4) is 0 Å². The van der Waals surface area contributed by atoms with Crippen LogP contribution < -0.4 is 10.6 Å². The van der Waals surface area contributed by atoms with Gasteiger partial charge in [-0.05, 0) is 26.2 Å². The maximum Gasteiger partial charge on any atom is 0.314 e. The molecule has 3 amide bonds. The quantitative estimate of drug-likeness (QED) is 0.392. The number of nitrogens with zero attached hydrogens (tertiary/aromatic N) is 1. The van der Waals surface area contributed by atoms with Gasteiger partial charge in [0.2, 0.25) is 5.91 Å². The summed E-state index contributed by atoms with van der Waals surface area (Å²) in [4.78, 5) is 38.2. The third-order valence-corrected chi connectivity index (χ3v) is 4.56. The highest BCUT2D eigenvalue weighted by Gasteiger charge is 2.37. The first-order valence-electron chi connectivity index (χ1n) is 9.33. The fourth-order valence-corrected chi connectivity index (χ4v) is 3.14. The average Bonchev–Trinajstić information content (AvgIpc) is 2.68. The Balaban J connectivity index is 1.77. The summed E-state index contributed by atoms with van der Waals surface area (Å²) in [7, 11) is 0. The topological polar surface area (TPSA) is 97.0 Å². The SMILES string of the molecule is CCNC(=O)NCCCOC(=O)[C@H]1CC=CC[C@@H]1C(=O)N1CCOCC1. The highest BCUT2D eigenvalue weighted by molar-refractivity contribution is 5.86. The van der Waals surface area contributed by atoms with Crippen LogP contribution in [0.5, 0.6) is 0 Å². The van der Waals surface area contributed by atoms with E-state index in [2.05, 4.69) is 10.6 Å². The number of rotatable bonds is 7. The fraction of sp³-hybridized carbons (Fsp3) is 0.722. The van der Waals surface area contributed by atoms with Crippen LogP contribution in [0.1, 0.15) is 26.2 Å². The molecular weight excluding hydrogens is 338 g/mol. The monoisotopic (exact) mass is 367 g/mol. The highest BCUT2D eigenvalue weighted by Crippen LogP contribution is 2.29. The number of amides is 3. The number of nitrogens with one attached hydrogen (secondary N) is 2. The molecule has 0 aromatic carbocycles. The number of carbonyl (C=O) groups excluding carboxylic acids is 3. The molecule has 1 aliphatic heterocycles. The van der Waals surface area contributed by atoms with E-state index >= 15 is 0 Å². The standard InChI is InChI=1S/C18H29N3O5/c1-2-19-18(24)20-8-5-11-26-17(23)15-7-4-3-6-14(15)16(22)21-9-12-25-13-10-21/h3-4,14-15H,2,5-13H2,1H3,(H2,19,20,24)/t14-,15-/m0/s1. The summed E-state index contributed by atoms with van der Waals surface area (Å²) >= 11 is 0. The Morgan fingerprint density at radius 1 is 1.12 bits per heavy atom. The lowest BCUT2D eigenvalue weighted by atomic mass is 9.82. The van der Waals surface area contributed by atoms with Gasteiger partial charge in [-0.1, -0.05) is 12.2 Å². The molecule has 1 fully saturated rings. The van der Waals surface area contributed by atoms with E-state index in [1.807, 2.05) is 19.1 Å². The number of hydrogen-bond donors (Lipinski definition) is 2. The van der Waals surface area contributed by atoms with Crippen LogP contribution in [0.4, 0.5) is 4.79 Å². The minimum absolute atomic E-state index is 0.0116. The minimum atomic E-state index is -0.438. The summed E-state index contributed by atoms with van der Waals surface area (Å²) < 4.78 is 10.6. The van der Waals surface area contributed by atoms with Crippen molar-refractivity contribution in [1.29, 1.82) is 0 Å². The Morgan fingerprint density at radius 2 is 1.81 bits per heavy atom. The molecule has 1 aliphatic carbocycles. The van der Waals surface area contributed by atoms with Crippen LogP contribution >= 0.6 is 0 Å². The molecule has 2 atom stereocenters. The Morgan fingerprint density at radius 3 is 2.50 bits per heavy atom. The molecule has 0 spiro atoms. The van der Waals surface area contributed by atoms with Crippen molar-refractivity contribution >= 4 is 17.9 Å². The van der Waals surface area contributed by atoms with Crippen LogP contribution in [0.2, 0.25) is 0 Å². The summed E-state index contributed by atoms with van der Waals surface area (Å²) in [5.41, 5.74) is 0. The van der Waals surface area contributed by atoms with Crippen LogP contribution in [-0.2, 0) is 19.1 Å². The van der Waals surface area contributed by atoms with E-state index in [0.717, 1.165) is 0 Å². The lowest BCUT2D eigenvalue weighted by molar-refractivity contribution is -0.156. The van der Waals surface area contributed by atoms with Gasteiger partial charge in [0.05, 0.1) is 31.7 Å². The van der Waals surface area contributed by atoms with E-state index in [0.29, 0.717) is 58.7 Å². The lowest BCUT2D eigenvalue weighted by Crippen LogP contribution is -2.47. The summed E-state index contributed by atoms with van der Waals surface area (Å²) in [5.74, 6) is -1.12. The molecule has 0 unspecified atom stereocenters. The van der Waals surface area contributed by atoms with Gasteiger partial charge in [-0.25, -0.2) is 4.79 Å². The third-order valence-electron chi connectivity index (χ3n) is 4.56. The Hall–Kier alpha value is -2.09. The van der Waals surface area contributed by atoms with Gasteiger partial charge in [-0.15, -0.1) is 0 Å². The van der Waals surface area contributed by atoms with Crippen molar-refractivity contribution in [3.63, 3.8) is 0 Å². The van der Waals surface area contributed by atoms with Crippen molar-refractivity contribution < 1.29 is 23.9 Å². The van der Waals surface area contributed by atoms with Crippen LogP contribution in [0.3, 0.4) is 0 Å². The number of urea groups is 1. The molecule has 26 heavy (non-hydrogen) atoms. The van der Waals surface area contributed by atoms with E-state index in [4.69, 9.17) is 9.47 Å². The van der Waals surface area contributed by atoms with E-state index < -0.39 is 5.92 Å². The van der Waals surface area contributed by atoms with Gasteiger partial charge in [0, 0.05) is 26.2 Å². The van der Waals surface area contributed by atoms with E-state index in [1.54, 1.807) is 4.90 Å². The summed E-state index contributed by atoms with van der Waals surface area (Å²) in [6.07, 6.45) is 5.52. The Kier molecular flexibility index (Phi) is 8.40. The zero-order valence-corrected chi connectivity index (χ0v) is 15.4. The molecule has 146 valence electrons. The van der Waals surface area contributed by atoms with Crippen molar-refractivity contribution in [2.75, 3.05) is 46.0 Å². The first-order valence-corrected chi connectivity index (χ1v) is 9.33. The molecule has 0 bridgehead atoms. The molecule has 8 nitrogen and oxygen atoms in total. The fourth-order valence-electron chi connectivity index (χ4n) is 3.14. The van der Waals surface area contributed by atoms with Gasteiger partial charge >= 0.3 is 12.0 Å². The molecule has 0 radical (unpaired) electrons. The molecular formula is C18H29N3O5. The molecule has 2 aliphatic rings. The maximum absolute atomic E-state index is 12.8. The Bertz CT molecular complexity index is 517. The number of esters is 1. The van der Waals surface area contributed by atoms with Gasteiger partial charge in [0.25, 0.3) is 0 Å². The molecule has 1 heterocycles. The number of allylic oxidation sites excluding steroid dienone is 2. The molecule has 0 saturated carbocycles. The second-order valence-electron chi connectivity index (χ2n) is 6.40. The van der Waals surface area contributed by atoms with Crippen molar-refractivity contribution in [2.45, 2.75) is 26.2 Å². The third kappa shape index (κ3) is 6.01. The van der Waals surface area contributed by atoms with Gasteiger partial charge in [0.15, 0.2) is 0 Å². The number of ether oxygens (including phenoxy) is 2. The maximum atomic E-state index is 12.8. The first kappa shape index (κ1) is 20.2. The van der Waals surface area contributed by atoms with Crippen molar-refractivity contribution in [2.24, 2.45) is 11.8 Å².